The van der Waals surface area contributed by atoms with Gasteiger partial charge in [0.1, 0.15) is 5.65 Å². The predicted octanol–water partition coefficient (Wildman–Crippen LogP) is -0.378. The molecule has 3 aromatic heterocycles. The number of aromatic nitrogens is 3. The third-order valence-corrected chi connectivity index (χ3v) is 3.16. The highest BCUT2D eigenvalue weighted by atomic mass is 35.5. The maximum Gasteiger partial charge on any atom is 0.178 e. The van der Waals surface area contributed by atoms with Crippen LogP contribution in [0.5, 0.6) is 0 Å². The smallest absolute Gasteiger partial charge is 0.178 e. The summed E-state index contributed by atoms with van der Waals surface area (Å²) in [6, 6.07) is 13.9. The van der Waals surface area contributed by atoms with E-state index in [9.17, 15) is 0 Å². The maximum absolute atomic E-state index is 5.82. The summed E-state index contributed by atoms with van der Waals surface area (Å²) in [5.74, 6) is 0. The molecule has 0 unspecified atom stereocenters. The lowest BCUT2D eigenvalue weighted by molar-refractivity contribution is -0.00000370. The highest BCUT2D eigenvalue weighted by molar-refractivity contribution is 5.90. The number of pyridine rings is 2. The molecule has 0 amide bonds. The van der Waals surface area contributed by atoms with Crippen LogP contribution >= 0.6 is 0 Å². The van der Waals surface area contributed by atoms with Gasteiger partial charge in [0.05, 0.1) is 11.0 Å². The monoisotopic (exact) mass is 269 g/mol. The van der Waals surface area contributed by atoms with Crippen molar-refractivity contribution in [2.45, 2.75) is 0 Å². The predicted molar refractivity (Wildman–Crippen MR) is 72.4 cm³/mol. The molecule has 5 heteroatoms. The van der Waals surface area contributed by atoms with Gasteiger partial charge in [0.15, 0.2) is 5.65 Å². The number of rotatable bonds is 0. The Labute approximate surface area is 115 Å². The summed E-state index contributed by atoms with van der Waals surface area (Å²) in [6.45, 7) is 0. The van der Waals surface area contributed by atoms with Crippen molar-refractivity contribution in [2.75, 3.05) is 5.73 Å². The summed E-state index contributed by atoms with van der Waals surface area (Å²) in [5.41, 5.74) is 10.4. The van der Waals surface area contributed by atoms with Gasteiger partial charge in [-0.15, -0.1) is 0 Å². The molecule has 0 aliphatic carbocycles. The zero-order valence-electron chi connectivity index (χ0n) is 9.92. The number of nitrogen functional groups attached to an aromatic ring is 1. The lowest BCUT2D eigenvalue weighted by Gasteiger charge is -2.03. The molecule has 19 heavy (non-hydrogen) atoms. The summed E-state index contributed by atoms with van der Waals surface area (Å²) in [7, 11) is 0. The molecular formula is C14H10ClN4-. The van der Waals surface area contributed by atoms with Crippen molar-refractivity contribution in [1.29, 1.82) is 0 Å². The van der Waals surface area contributed by atoms with Crippen LogP contribution in [-0.2, 0) is 0 Å². The molecule has 0 aliphatic rings. The molecule has 3 heterocycles. The summed E-state index contributed by atoms with van der Waals surface area (Å²) in [6.07, 6.45) is 1.76. The number of benzene rings is 1. The number of nitrogens with zero attached hydrogens (tertiary/aromatic N) is 3. The van der Waals surface area contributed by atoms with E-state index < -0.39 is 0 Å². The number of hydrogen-bond acceptors (Lipinski definition) is 3. The zero-order valence-corrected chi connectivity index (χ0v) is 10.7. The Morgan fingerprint density at radius 3 is 2.79 bits per heavy atom. The first-order chi connectivity index (χ1) is 8.83. The van der Waals surface area contributed by atoms with Gasteiger partial charge in [-0.3, -0.25) is 4.40 Å². The molecule has 0 saturated heterocycles. The average molecular weight is 270 g/mol. The topological polar surface area (TPSA) is 56.2 Å². The third-order valence-electron chi connectivity index (χ3n) is 3.16. The van der Waals surface area contributed by atoms with E-state index in [1.165, 1.54) is 0 Å². The van der Waals surface area contributed by atoms with Crippen LogP contribution in [0.4, 0.5) is 5.69 Å². The van der Waals surface area contributed by atoms with Gasteiger partial charge in [0, 0.05) is 17.3 Å². The second-order valence-electron chi connectivity index (χ2n) is 4.30. The van der Waals surface area contributed by atoms with Crippen LogP contribution in [0.1, 0.15) is 0 Å². The second-order valence-corrected chi connectivity index (χ2v) is 4.30. The van der Waals surface area contributed by atoms with E-state index >= 15 is 0 Å². The van der Waals surface area contributed by atoms with Crippen molar-refractivity contribution >= 4 is 33.4 Å². The third kappa shape index (κ3) is 1.61. The molecule has 0 radical (unpaired) electrons. The lowest BCUT2D eigenvalue weighted by atomic mass is 10.2. The summed E-state index contributed by atoms with van der Waals surface area (Å²) in [4.78, 5) is 8.79. The minimum atomic E-state index is 0. The van der Waals surface area contributed by atoms with E-state index in [1.807, 2.05) is 42.5 Å². The largest absolute Gasteiger partial charge is 1.00 e. The van der Waals surface area contributed by atoms with E-state index in [2.05, 4.69) is 14.4 Å². The van der Waals surface area contributed by atoms with E-state index in [0.29, 0.717) is 0 Å². The van der Waals surface area contributed by atoms with Gasteiger partial charge in [-0.2, -0.15) is 0 Å². The molecule has 94 valence electrons. The fourth-order valence-corrected chi connectivity index (χ4v) is 2.37. The van der Waals surface area contributed by atoms with E-state index in [-0.39, 0.29) is 12.4 Å². The SMILES string of the molecule is Nc1ccc2c(ccc3nc4ncccc4n32)c1.[Cl-]. The van der Waals surface area contributed by atoms with E-state index in [1.54, 1.807) is 6.20 Å². The maximum atomic E-state index is 5.82. The highest BCUT2D eigenvalue weighted by Crippen LogP contribution is 2.23. The Morgan fingerprint density at radius 1 is 1.00 bits per heavy atom. The minimum absolute atomic E-state index is 0. The number of anilines is 1. The number of fused-ring (bicyclic) bond motifs is 5. The Bertz CT molecular complexity index is 898. The van der Waals surface area contributed by atoms with Crippen LogP contribution < -0.4 is 18.1 Å². The zero-order chi connectivity index (χ0) is 12.1. The van der Waals surface area contributed by atoms with Gasteiger partial charge in [-0.25, -0.2) is 9.97 Å². The summed E-state index contributed by atoms with van der Waals surface area (Å²) < 4.78 is 2.11. The van der Waals surface area contributed by atoms with Crippen LogP contribution in [0.15, 0.2) is 48.7 Å². The molecule has 0 saturated carbocycles. The van der Waals surface area contributed by atoms with Gasteiger partial charge < -0.3 is 18.1 Å². The van der Waals surface area contributed by atoms with Crippen molar-refractivity contribution in [3.8, 4) is 0 Å². The fourth-order valence-electron chi connectivity index (χ4n) is 2.37. The molecule has 1 aromatic carbocycles. The first-order valence-corrected chi connectivity index (χ1v) is 5.74. The second kappa shape index (κ2) is 4.10. The van der Waals surface area contributed by atoms with Crippen LogP contribution in [-0.4, -0.2) is 14.4 Å². The normalized spacial score (nSPS) is 10.9. The summed E-state index contributed by atoms with van der Waals surface area (Å²) in [5, 5.41) is 1.10. The first kappa shape index (κ1) is 11.7. The first-order valence-electron chi connectivity index (χ1n) is 5.74. The Kier molecular flexibility index (Phi) is 2.54. The van der Waals surface area contributed by atoms with E-state index in [0.717, 1.165) is 33.4 Å². The van der Waals surface area contributed by atoms with Gasteiger partial charge >= 0.3 is 0 Å². The molecule has 0 spiro atoms. The van der Waals surface area contributed by atoms with Gasteiger partial charge in [-0.05, 0) is 42.5 Å². The van der Waals surface area contributed by atoms with Crippen molar-refractivity contribution in [1.82, 2.24) is 14.4 Å². The number of nitrogens with two attached hydrogens (primary N) is 1. The fraction of sp³-hybridized carbons (Fsp3) is 0. The highest BCUT2D eigenvalue weighted by Gasteiger charge is 2.07. The quantitative estimate of drug-likeness (QED) is 0.443. The standard InChI is InChI=1S/C14H10N4.ClH/c15-10-4-5-11-9(8-10)3-6-13-17-14-12(18(11)13)2-1-7-16-14;/h1-8H,15H2;1H/p-1. The molecule has 4 rings (SSSR count). The van der Waals surface area contributed by atoms with Gasteiger partial charge in [0.25, 0.3) is 0 Å². The van der Waals surface area contributed by atoms with Crippen LogP contribution in [0, 0.1) is 0 Å². The Balaban J connectivity index is 0.00000110. The van der Waals surface area contributed by atoms with Crippen LogP contribution in [0.25, 0.3) is 27.7 Å². The molecule has 0 bridgehead atoms. The van der Waals surface area contributed by atoms with Crippen LogP contribution in [0.3, 0.4) is 0 Å². The summed E-state index contributed by atoms with van der Waals surface area (Å²) >= 11 is 0. The van der Waals surface area contributed by atoms with Crippen molar-refractivity contribution in [3.05, 3.63) is 48.7 Å². The average Bonchev–Trinajstić information content (AvgIpc) is 2.77. The molecular weight excluding hydrogens is 260 g/mol. The number of halogens is 1. The van der Waals surface area contributed by atoms with Gasteiger partial charge in [-0.1, -0.05) is 0 Å². The molecule has 4 nitrogen and oxygen atoms in total. The van der Waals surface area contributed by atoms with Crippen molar-refractivity contribution < 1.29 is 12.4 Å². The molecule has 0 fully saturated rings. The number of hydrogen-bond donors (Lipinski definition) is 1. The lowest BCUT2D eigenvalue weighted by Crippen LogP contribution is -3.00. The van der Waals surface area contributed by atoms with Crippen molar-refractivity contribution in [2.24, 2.45) is 0 Å². The van der Waals surface area contributed by atoms with Crippen molar-refractivity contribution in [3.63, 3.8) is 0 Å². The molecule has 2 N–H and O–H groups in total. The Hall–Kier alpha value is -2.33. The minimum Gasteiger partial charge on any atom is -1.00 e. The molecule has 0 atom stereocenters. The Morgan fingerprint density at radius 2 is 1.89 bits per heavy atom. The molecule has 4 aromatic rings. The van der Waals surface area contributed by atoms with Crippen LogP contribution in [0.2, 0.25) is 0 Å². The number of imidazole rings is 1. The molecule has 0 aliphatic heterocycles. The van der Waals surface area contributed by atoms with E-state index in [4.69, 9.17) is 5.73 Å². The van der Waals surface area contributed by atoms with Gasteiger partial charge in [0.2, 0.25) is 0 Å².